The first-order chi connectivity index (χ1) is 24.0. The van der Waals surface area contributed by atoms with Crippen LogP contribution in [0, 0.1) is 23.2 Å². The monoisotopic (exact) mass is 711 g/mol. The first kappa shape index (κ1) is 41.7. The molecular weight excluding hydrogens is 650 g/mol. The molecule has 1 unspecified atom stereocenters. The van der Waals surface area contributed by atoms with E-state index in [-0.39, 0.29) is 24.5 Å². The largest absolute Gasteiger partial charge is 0.444 e. The first-order valence-electron chi connectivity index (χ1n) is 18.5. The summed E-state index contributed by atoms with van der Waals surface area (Å²) in [6.45, 7) is 12.3. The number of amides is 2. The molecule has 2 aromatic rings. The van der Waals surface area contributed by atoms with Crippen molar-refractivity contribution in [3.8, 4) is 0 Å². The Morgan fingerprint density at radius 2 is 1.73 bits per heavy atom. The van der Waals surface area contributed by atoms with Gasteiger partial charge in [-0.25, -0.2) is 9.78 Å². The van der Waals surface area contributed by atoms with Crippen LogP contribution < -0.4 is 22.1 Å². The number of carbonyl (C=O) groups is 4. The molecule has 0 bridgehead atoms. The molecule has 13 heteroatoms. The van der Waals surface area contributed by atoms with Crippen molar-refractivity contribution in [1.82, 2.24) is 25.6 Å². The Morgan fingerprint density at radius 1 is 1.04 bits per heavy atom. The fourth-order valence-electron chi connectivity index (χ4n) is 6.94. The molecule has 7 atom stereocenters. The van der Waals surface area contributed by atoms with Crippen molar-refractivity contribution in [3.05, 3.63) is 48.3 Å². The number of ether oxygens (including phenoxy) is 1. The van der Waals surface area contributed by atoms with Crippen LogP contribution in [0.2, 0.25) is 0 Å². The van der Waals surface area contributed by atoms with Gasteiger partial charge < -0.3 is 36.9 Å². The maximum atomic E-state index is 15.2. The van der Waals surface area contributed by atoms with Crippen molar-refractivity contribution >= 4 is 23.6 Å². The van der Waals surface area contributed by atoms with Crippen molar-refractivity contribution in [3.63, 3.8) is 0 Å². The third-order valence-corrected chi connectivity index (χ3v) is 10.3. The second-order valence-electron chi connectivity index (χ2n) is 15.6. The second-order valence-corrected chi connectivity index (χ2v) is 15.6. The first-order valence-corrected chi connectivity index (χ1v) is 18.5. The predicted molar refractivity (Wildman–Crippen MR) is 195 cm³/mol. The molecule has 1 fully saturated rings. The average Bonchev–Trinajstić information content (AvgIpc) is 3.60. The number of aromatic nitrogens is 3. The van der Waals surface area contributed by atoms with Crippen molar-refractivity contribution in [1.29, 1.82) is 0 Å². The number of ketones is 2. The summed E-state index contributed by atoms with van der Waals surface area (Å²) < 4.78 is 5.52. The van der Waals surface area contributed by atoms with Gasteiger partial charge in [-0.05, 0) is 63.5 Å². The second kappa shape index (κ2) is 18.7. The summed E-state index contributed by atoms with van der Waals surface area (Å²) in [6, 6.07) is 0.766. The van der Waals surface area contributed by atoms with Crippen LogP contribution in [0.5, 0.6) is 0 Å². The highest BCUT2D eigenvalue weighted by Crippen LogP contribution is 2.39. The normalized spacial score (nSPS) is 18.8. The van der Waals surface area contributed by atoms with Gasteiger partial charge in [0.05, 0.1) is 35.9 Å². The maximum Gasteiger partial charge on any atom is 0.408 e. The van der Waals surface area contributed by atoms with Gasteiger partial charge in [0.25, 0.3) is 0 Å². The summed E-state index contributed by atoms with van der Waals surface area (Å²) in [6.07, 6.45) is 8.54. The highest BCUT2D eigenvalue weighted by Gasteiger charge is 2.54. The Kier molecular flexibility index (Phi) is 15.3. The Labute approximate surface area is 302 Å². The number of aromatic amines is 1. The lowest BCUT2D eigenvalue weighted by atomic mass is 9.65. The Balaban J connectivity index is 2.13. The smallest absolute Gasteiger partial charge is 0.408 e. The van der Waals surface area contributed by atoms with Crippen LogP contribution in [0.3, 0.4) is 0 Å². The Hall–Kier alpha value is -3.68. The third-order valence-electron chi connectivity index (χ3n) is 10.3. The molecule has 0 aliphatic heterocycles. The van der Waals surface area contributed by atoms with Crippen LogP contribution in [-0.4, -0.2) is 73.5 Å². The zero-order chi connectivity index (χ0) is 37.9. The van der Waals surface area contributed by atoms with E-state index in [4.69, 9.17) is 16.2 Å². The van der Waals surface area contributed by atoms with Gasteiger partial charge in [0, 0.05) is 24.9 Å². The predicted octanol–water partition coefficient (Wildman–Crippen LogP) is 4.30. The number of carbonyl (C=O) groups excluding carboxylic acids is 4. The SMILES string of the molecule is CC[C@H](C)[C@H](N)C(=O)C(NC(=O)[C@](C[C@H](O)[C@@H](N)CC1CCCCC1)(C(=O)[C@H](Cc1c[nH]cn1)NC(=O)OC(C)(C)C)C(C)C)c1ccccn1. The lowest BCUT2D eigenvalue weighted by Crippen LogP contribution is -2.61. The molecule has 2 aromatic heterocycles. The number of aliphatic hydroxyl groups excluding tert-OH is 1. The van der Waals surface area contributed by atoms with Gasteiger partial charge in [0.2, 0.25) is 5.91 Å². The Morgan fingerprint density at radius 3 is 2.27 bits per heavy atom. The molecule has 1 aliphatic carbocycles. The van der Waals surface area contributed by atoms with Crippen LogP contribution in [0.4, 0.5) is 4.79 Å². The minimum atomic E-state index is -1.98. The molecule has 1 aliphatic rings. The maximum absolute atomic E-state index is 15.2. The van der Waals surface area contributed by atoms with Crippen molar-refractivity contribution < 1.29 is 29.0 Å². The highest BCUT2D eigenvalue weighted by molar-refractivity contribution is 6.10. The number of pyridine rings is 1. The molecule has 284 valence electrons. The van der Waals surface area contributed by atoms with Gasteiger partial charge in [-0.3, -0.25) is 19.4 Å². The molecule has 0 saturated heterocycles. The number of hydrogen-bond donors (Lipinski definition) is 6. The number of nitrogens with two attached hydrogens (primary N) is 2. The summed E-state index contributed by atoms with van der Waals surface area (Å²) in [7, 11) is 0. The number of nitrogens with one attached hydrogen (secondary N) is 3. The minimum Gasteiger partial charge on any atom is -0.444 e. The van der Waals surface area contributed by atoms with Crippen LogP contribution >= 0.6 is 0 Å². The summed E-state index contributed by atoms with van der Waals surface area (Å²) >= 11 is 0. The molecule has 13 nitrogen and oxygen atoms in total. The summed E-state index contributed by atoms with van der Waals surface area (Å²) in [4.78, 5) is 68.8. The van der Waals surface area contributed by atoms with E-state index in [1.807, 2.05) is 13.8 Å². The number of rotatable bonds is 18. The standard InChI is InChI=1S/C38H61N7O6/c1-8-24(4)31(40)33(47)32(28-16-12-13-17-42-28)45-35(49)38(23(2)3,20-30(46)27(39)18-25-14-10-9-11-15-25)34(48)29(19-26-21-41-22-43-26)44-36(50)51-37(5,6)7/h12-13,16-17,21-25,27,29-32,46H,8-11,14-15,18-20,39-40H2,1-7H3,(H,41,43)(H,44,50)(H,45,49)/t24-,27-,29-,30-,31-,32?,38-/m0/s1. The molecular formula is C38H61N7O6. The van der Waals surface area contributed by atoms with E-state index in [0.717, 1.165) is 32.1 Å². The van der Waals surface area contributed by atoms with Crippen LogP contribution in [0.1, 0.15) is 117 Å². The van der Waals surface area contributed by atoms with E-state index < -0.39 is 70.8 Å². The number of hydrogen-bond acceptors (Lipinski definition) is 10. The van der Waals surface area contributed by atoms with E-state index in [0.29, 0.717) is 24.5 Å². The number of nitrogens with zero attached hydrogens (tertiary/aromatic N) is 2. The van der Waals surface area contributed by atoms with Gasteiger partial charge in [-0.15, -0.1) is 0 Å². The number of aliphatic hydroxyl groups is 1. The highest BCUT2D eigenvalue weighted by atomic mass is 16.6. The number of H-pyrrole nitrogens is 1. The van der Waals surface area contributed by atoms with E-state index in [1.165, 1.54) is 12.5 Å². The molecule has 8 N–H and O–H groups in total. The zero-order valence-corrected chi connectivity index (χ0v) is 31.5. The third kappa shape index (κ3) is 11.4. The van der Waals surface area contributed by atoms with Gasteiger partial charge in [0.15, 0.2) is 11.6 Å². The topological polar surface area (TPSA) is 215 Å². The lowest BCUT2D eigenvalue weighted by molar-refractivity contribution is -0.151. The number of Topliss-reactive ketones (excluding diaryl/α,β-unsaturated/α-hetero) is 2. The quantitative estimate of drug-likeness (QED) is 0.121. The molecule has 0 aromatic carbocycles. The van der Waals surface area contributed by atoms with Crippen LogP contribution in [-0.2, 0) is 25.5 Å². The molecule has 2 heterocycles. The number of imidazole rings is 1. The minimum absolute atomic E-state index is 0.0744. The van der Waals surface area contributed by atoms with Crippen LogP contribution in [0.25, 0.3) is 0 Å². The lowest BCUT2D eigenvalue weighted by Gasteiger charge is -2.41. The molecule has 2 amide bonds. The van der Waals surface area contributed by atoms with E-state index in [1.54, 1.807) is 59.0 Å². The zero-order valence-electron chi connectivity index (χ0n) is 31.5. The van der Waals surface area contributed by atoms with E-state index >= 15 is 4.79 Å². The summed E-state index contributed by atoms with van der Waals surface area (Å²) in [5.41, 5.74) is 10.9. The number of alkyl carbamates (subject to hydrolysis) is 1. The molecule has 0 spiro atoms. The average molecular weight is 712 g/mol. The summed E-state index contributed by atoms with van der Waals surface area (Å²) in [5.74, 6) is -2.54. The van der Waals surface area contributed by atoms with Gasteiger partial charge in [-0.1, -0.05) is 72.3 Å². The molecule has 1 saturated carbocycles. The molecule has 0 radical (unpaired) electrons. The van der Waals surface area contributed by atoms with E-state index in [2.05, 4.69) is 25.6 Å². The van der Waals surface area contributed by atoms with Crippen molar-refractivity contribution in [2.75, 3.05) is 0 Å². The van der Waals surface area contributed by atoms with Gasteiger partial charge in [0.1, 0.15) is 17.1 Å². The van der Waals surface area contributed by atoms with Crippen molar-refractivity contribution in [2.24, 2.45) is 34.6 Å². The van der Waals surface area contributed by atoms with Gasteiger partial charge in [-0.2, -0.15) is 0 Å². The fraction of sp³-hybridized carbons (Fsp3) is 0.684. The fourth-order valence-corrected chi connectivity index (χ4v) is 6.94. The molecule has 3 rings (SSSR count). The van der Waals surface area contributed by atoms with Crippen LogP contribution in [0.15, 0.2) is 36.9 Å². The Bertz CT molecular complexity index is 1410. The van der Waals surface area contributed by atoms with Gasteiger partial charge >= 0.3 is 6.09 Å². The molecule has 51 heavy (non-hydrogen) atoms. The van der Waals surface area contributed by atoms with E-state index in [9.17, 15) is 19.5 Å². The summed E-state index contributed by atoms with van der Waals surface area (Å²) in [5, 5.41) is 17.3. The van der Waals surface area contributed by atoms with Crippen molar-refractivity contribution in [2.45, 2.75) is 142 Å².